The molecule has 2 aromatic rings. The summed E-state index contributed by atoms with van der Waals surface area (Å²) in [7, 11) is 0. The zero-order chi connectivity index (χ0) is 13.9. The molecule has 2 unspecified atom stereocenters. The van der Waals surface area contributed by atoms with Crippen LogP contribution in [0.4, 0.5) is 0 Å². The van der Waals surface area contributed by atoms with Gasteiger partial charge in [-0.25, -0.2) is 4.68 Å². The van der Waals surface area contributed by atoms with Gasteiger partial charge in [0.15, 0.2) is 17.6 Å². The van der Waals surface area contributed by atoms with Gasteiger partial charge in [-0.15, -0.1) is 5.10 Å². The number of para-hydroxylation sites is 2. The van der Waals surface area contributed by atoms with E-state index < -0.39 is 0 Å². The molecule has 106 valence electrons. The summed E-state index contributed by atoms with van der Waals surface area (Å²) >= 11 is 0. The minimum absolute atomic E-state index is 0.0620. The molecule has 0 radical (unpaired) electrons. The minimum Gasteiger partial charge on any atom is -0.486 e. The van der Waals surface area contributed by atoms with Crippen LogP contribution in [0.3, 0.4) is 0 Å². The summed E-state index contributed by atoms with van der Waals surface area (Å²) in [5.74, 6) is 1.56. The molecule has 20 heavy (non-hydrogen) atoms. The molecular formula is C14H18N4O2. The van der Waals surface area contributed by atoms with Gasteiger partial charge in [-0.1, -0.05) is 24.3 Å². The van der Waals surface area contributed by atoms with Gasteiger partial charge in [0.1, 0.15) is 6.61 Å². The van der Waals surface area contributed by atoms with Gasteiger partial charge in [-0.3, -0.25) is 0 Å². The molecule has 0 fully saturated rings. The number of hydrogen-bond donors (Lipinski definition) is 1. The van der Waals surface area contributed by atoms with Crippen molar-refractivity contribution in [2.24, 2.45) is 5.73 Å². The second-order valence-electron chi connectivity index (χ2n) is 4.88. The van der Waals surface area contributed by atoms with E-state index in [1.54, 1.807) is 4.68 Å². The Morgan fingerprint density at radius 2 is 2.20 bits per heavy atom. The molecule has 6 heteroatoms. The van der Waals surface area contributed by atoms with Crippen LogP contribution in [0.25, 0.3) is 0 Å². The molecule has 1 aromatic heterocycles. The van der Waals surface area contributed by atoms with Crippen molar-refractivity contribution in [2.45, 2.75) is 32.0 Å². The Kier molecular flexibility index (Phi) is 3.56. The van der Waals surface area contributed by atoms with Gasteiger partial charge in [0.2, 0.25) is 0 Å². The van der Waals surface area contributed by atoms with Crippen molar-refractivity contribution in [3.63, 3.8) is 0 Å². The third-order valence-electron chi connectivity index (χ3n) is 3.33. The van der Waals surface area contributed by atoms with Crippen molar-refractivity contribution < 1.29 is 9.47 Å². The van der Waals surface area contributed by atoms with Gasteiger partial charge in [0.05, 0.1) is 24.5 Å². The molecule has 0 aliphatic carbocycles. The molecule has 6 nitrogen and oxygen atoms in total. The van der Waals surface area contributed by atoms with Crippen LogP contribution in [0, 0.1) is 0 Å². The lowest BCUT2D eigenvalue weighted by atomic mass is 10.2. The van der Waals surface area contributed by atoms with Crippen LogP contribution in [0.5, 0.6) is 11.5 Å². The normalized spacial score (nSPS) is 18.8. The summed E-state index contributed by atoms with van der Waals surface area (Å²) in [6.07, 6.45) is 2.64. The average molecular weight is 274 g/mol. The highest BCUT2D eigenvalue weighted by atomic mass is 16.6. The van der Waals surface area contributed by atoms with Gasteiger partial charge in [0.25, 0.3) is 0 Å². The Labute approximate surface area is 117 Å². The largest absolute Gasteiger partial charge is 0.486 e. The highest BCUT2D eigenvalue weighted by Crippen LogP contribution is 2.31. The minimum atomic E-state index is -0.0719. The predicted molar refractivity (Wildman–Crippen MR) is 73.6 cm³/mol. The van der Waals surface area contributed by atoms with Crippen LogP contribution in [0.1, 0.15) is 25.1 Å². The number of nitrogens with two attached hydrogens (primary N) is 1. The second kappa shape index (κ2) is 5.50. The van der Waals surface area contributed by atoms with E-state index in [9.17, 15) is 0 Å². The van der Waals surface area contributed by atoms with Crippen molar-refractivity contribution in [3.8, 4) is 11.5 Å². The maximum Gasteiger partial charge on any atom is 0.161 e. The Morgan fingerprint density at radius 1 is 1.40 bits per heavy atom. The molecule has 1 aliphatic rings. The fourth-order valence-electron chi connectivity index (χ4n) is 2.14. The molecule has 0 saturated heterocycles. The average Bonchev–Trinajstić information content (AvgIpc) is 2.95. The molecule has 0 amide bonds. The van der Waals surface area contributed by atoms with E-state index in [-0.39, 0.29) is 12.1 Å². The maximum absolute atomic E-state index is 5.93. The molecule has 2 heterocycles. The Hall–Kier alpha value is -2.08. The Morgan fingerprint density at radius 3 is 3.00 bits per heavy atom. The molecule has 2 N–H and O–H groups in total. The van der Waals surface area contributed by atoms with Crippen LogP contribution >= 0.6 is 0 Å². The first-order valence-electron chi connectivity index (χ1n) is 6.80. The third-order valence-corrected chi connectivity index (χ3v) is 3.33. The number of fused-ring (bicyclic) bond motifs is 1. The van der Waals surface area contributed by atoms with Crippen molar-refractivity contribution in [2.75, 3.05) is 6.61 Å². The Bertz CT molecular complexity index is 584. The smallest absolute Gasteiger partial charge is 0.161 e. The molecule has 0 saturated carbocycles. The van der Waals surface area contributed by atoms with E-state index in [4.69, 9.17) is 15.2 Å². The van der Waals surface area contributed by atoms with E-state index in [0.717, 1.165) is 23.6 Å². The van der Waals surface area contributed by atoms with E-state index >= 15 is 0 Å². The lowest BCUT2D eigenvalue weighted by Gasteiger charge is -2.26. The van der Waals surface area contributed by atoms with Gasteiger partial charge in [0, 0.05) is 0 Å². The zero-order valence-corrected chi connectivity index (χ0v) is 11.4. The number of aromatic nitrogens is 3. The van der Waals surface area contributed by atoms with Gasteiger partial charge < -0.3 is 15.2 Å². The first-order chi connectivity index (χ1) is 9.76. The maximum atomic E-state index is 5.93. The molecule has 3 rings (SSSR count). The lowest BCUT2D eigenvalue weighted by molar-refractivity contribution is 0.0754. The first-order valence-corrected chi connectivity index (χ1v) is 6.80. The molecular weight excluding hydrogens is 256 g/mol. The van der Waals surface area contributed by atoms with Crippen molar-refractivity contribution >= 4 is 0 Å². The van der Waals surface area contributed by atoms with Crippen LogP contribution < -0.4 is 15.2 Å². The molecule has 1 aliphatic heterocycles. The first kappa shape index (κ1) is 12.9. The molecule has 1 aromatic carbocycles. The summed E-state index contributed by atoms with van der Waals surface area (Å²) in [6.45, 7) is 3.13. The quantitative estimate of drug-likeness (QED) is 0.915. The highest BCUT2D eigenvalue weighted by Gasteiger charge is 2.21. The van der Waals surface area contributed by atoms with E-state index in [1.807, 2.05) is 37.4 Å². The summed E-state index contributed by atoms with van der Waals surface area (Å²) in [6, 6.07) is 7.60. The number of nitrogens with zero attached hydrogens (tertiary/aromatic N) is 3. The van der Waals surface area contributed by atoms with Crippen LogP contribution in [-0.4, -0.2) is 27.7 Å². The monoisotopic (exact) mass is 274 g/mol. The summed E-state index contributed by atoms with van der Waals surface area (Å²) in [4.78, 5) is 0. The van der Waals surface area contributed by atoms with Crippen molar-refractivity contribution in [3.05, 3.63) is 36.2 Å². The number of benzene rings is 1. The van der Waals surface area contributed by atoms with Crippen LogP contribution in [0.15, 0.2) is 30.5 Å². The SMILES string of the molecule is CCC(N)c1cn(CC2COc3ccccc3O2)nn1. The van der Waals surface area contributed by atoms with Gasteiger partial charge in [-0.05, 0) is 18.6 Å². The van der Waals surface area contributed by atoms with Gasteiger partial charge >= 0.3 is 0 Å². The Balaban J connectivity index is 1.66. The van der Waals surface area contributed by atoms with Crippen LogP contribution in [0.2, 0.25) is 0 Å². The topological polar surface area (TPSA) is 75.2 Å². The summed E-state index contributed by atoms with van der Waals surface area (Å²) < 4.78 is 13.3. The summed E-state index contributed by atoms with van der Waals surface area (Å²) in [5.41, 5.74) is 6.74. The highest BCUT2D eigenvalue weighted by molar-refractivity contribution is 5.40. The van der Waals surface area contributed by atoms with E-state index in [1.165, 1.54) is 0 Å². The molecule has 0 bridgehead atoms. The lowest BCUT2D eigenvalue weighted by Crippen LogP contribution is -2.33. The molecule has 2 atom stereocenters. The number of ether oxygens (including phenoxy) is 2. The molecule has 0 spiro atoms. The standard InChI is InChI=1S/C14H18N4O2/c1-2-11(15)12-8-18(17-16-12)7-10-9-19-13-5-3-4-6-14(13)20-10/h3-6,8,10-11H,2,7,9,15H2,1H3. The number of hydrogen-bond acceptors (Lipinski definition) is 5. The number of rotatable bonds is 4. The van der Waals surface area contributed by atoms with E-state index in [2.05, 4.69) is 10.3 Å². The zero-order valence-electron chi connectivity index (χ0n) is 11.4. The second-order valence-corrected chi connectivity index (χ2v) is 4.88. The fourth-order valence-corrected chi connectivity index (χ4v) is 2.14. The summed E-state index contributed by atoms with van der Waals surface area (Å²) in [5, 5.41) is 8.17. The van der Waals surface area contributed by atoms with Crippen molar-refractivity contribution in [1.29, 1.82) is 0 Å². The van der Waals surface area contributed by atoms with Gasteiger partial charge in [-0.2, -0.15) is 0 Å². The van der Waals surface area contributed by atoms with E-state index in [0.29, 0.717) is 13.2 Å². The third kappa shape index (κ3) is 2.60. The fraction of sp³-hybridized carbons (Fsp3) is 0.429. The predicted octanol–water partition coefficient (Wildman–Crippen LogP) is 1.53. The van der Waals surface area contributed by atoms with Crippen molar-refractivity contribution in [1.82, 2.24) is 15.0 Å². The van der Waals surface area contributed by atoms with Crippen LogP contribution in [-0.2, 0) is 6.54 Å².